The van der Waals surface area contributed by atoms with Crippen LogP contribution in [0, 0.1) is 6.92 Å². The number of amides is 1. The van der Waals surface area contributed by atoms with E-state index in [1.54, 1.807) is 24.7 Å². The van der Waals surface area contributed by atoms with Gasteiger partial charge in [-0.05, 0) is 47.7 Å². The molecule has 1 aliphatic heterocycles. The Hall–Kier alpha value is -2.53. The lowest BCUT2D eigenvalue weighted by Gasteiger charge is -2.26. The normalized spacial score (nSPS) is 15.1. The van der Waals surface area contributed by atoms with E-state index in [2.05, 4.69) is 10.3 Å². The van der Waals surface area contributed by atoms with Gasteiger partial charge in [0.05, 0.1) is 24.4 Å². The van der Waals surface area contributed by atoms with Gasteiger partial charge in [-0.15, -0.1) is 11.3 Å². The van der Waals surface area contributed by atoms with Crippen LogP contribution in [0.3, 0.4) is 0 Å². The summed E-state index contributed by atoms with van der Waals surface area (Å²) in [6.45, 7) is 4.30. The Balaban J connectivity index is 1.63. The topological polar surface area (TPSA) is 93.5 Å². The van der Waals surface area contributed by atoms with Crippen LogP contribution in [0.5, 0.6) is 0 Å². The predicted molar refractivity (Wildman–Crippen MR) is 119 cm³/mol. The number of sulfonamides is 1. The van der Waals surface area contributed by atoms with Gasteiger partial charge in [0.2, 0.25) is 10.0 Å². The maximum Gasteiger partial charge on any atom is 0.251 e. The molecule has 0 spiro atoms. The number of rotatable bonds is 7. The predicted octanol–water partition coefficient (Wildman–Crippen LogP) is 2.37. The molecule has 4 rings (SSSR count). The van der Waals surface area contributed by atoms with Gasteiger partial charge in [-0.1, -0.05) is 0 Å². The van der Waals surface area contributed by atoms with E-state index in [1.807, 2.05) is 29.1 Å². The zero-order chi connectivity index (χ0) is 21.8. The van der Waals surface area contributed by atoms with Gasteiger partial charge in [0.15, 0.2) is 0 Å². The number of aryl methyl sites for hydroxylation is 1. The molecule has 8 nitrogen and oxygen atoms in total. The van der Waals surface area contributed by atoms with E-state index in [-0.39, 0.29) is 10.8 Å². The Morgan fingerprint density at radius 1 is 1.23 bits per heavy atom. The van der Waals surface area contributed by atoms with Crippen molar-refractivity contribution in [2.45, 2.75) is 18.4 Å². The summed E-state index contributed by atoms with van der Waals surface area (Å²) in [4.78, 5) is 17.9. The van der Waals surface area contributed by atoms with Crippen molar-refractivity contribution in [2.24, 2.45) is 0 Å². The Morgan fingerprint density at radius 2 is 2.03 bits per heavy atom. The third-order valence-electron chi connectivity index (χ3n) is 5.01. The molecule has 0 bridgehead atoms. The molecular weight excluding hydrogens is 436 g/mol. The van der Waals surface area contributed by atoms with E-state index in [0.717, 1.165) is 10.4 Å². The van der Waals surface area contributed by atoms with Crippen molar-refractivity contribution < 1.29 is 17.9 Å². The fourth-order valence-electron chi connectivity index (χ4n) is 3.36. The van der Waals surface area contributed by atoms with E-state index in [1.165, 1.54) is 21.7 Å². The number of ether oxygens (including phenoxy) is 1. The lowest BCUT2D eigenvalue weighted by Crippen LogP contribution is -2.40. The number of thiophene rings is 1. The summed E-state index contributed by atoms with van der Waals surface area (Å²) in [6, 6.07) is 6.85. The minimum Gasteiger partial charge on any atom is -0.379 e. The number of carbonyl (C=O) groups is 1. The van der Waals surface area contributed by atoms with Crippen LogP contribution in [-0.4, -0.2) is 61.0 Å². The molecule has 1 fully saturated rings. The summed E-state index contributed by atoms with van der Waals surface area (Å²) in [5.41, 5.74) is 2.13. The molecule has 0 radical (unpaired) electrons. The molecule has 0 aliphatic carbocycles. The fraction of sp³-hybridized carbons (Fsp3) is 0.333. The summed E-state index contributed by atoms with van der Waals surface area (Å²) in [5.74, 6) is -0.311. The van der Waals surface area contributed by atoms with Gasteiger partial charge in [0.25, 0.3) is 5.91 Å². The highest BCUT2D eigenvalue weighted by molar-refractivity contribution is 7.89. The molecule has 1 amide bonds. The summed E-state index contributed by atoms with van der Waals surface area (Å²) in [6.07, 6.45) is 5.18. The van der Waals surface area contributed by atoms with Crippen LogP contribution >= 0.6 is 11.3 Å². The molecule has 0 unspecified atom stereocenters. The third-order valence-corrected chi connectivity index (χ3v) is 7.98. The van der Waals surface area contributed by atoms with Crippen LogP contribution < -0.4 is 5.32 Å². The van der Waals surface area contributed by atoms with Gasteiger partial charge in [0.1, 0.15) is 0 Å². The monoisotopic (exact) mass is 460 g/mol. The number of imidazole rings is 1. The van der Waals surface area contributed by atoms with Gasteiger partial charge in [-0.2, -0.15) is 4.31 Å². The second-order valence-electron chi connectivity index (χ2n) is 7.31. The van der Waals surface area contributed by atoms with Crippen molar-refractivity contribution in [1.29, 1.82) is 0 Å². The summed E-state index contributed by atoms with van der Waals surface area (Å²) >= 11 is 1.52. The van der Waals surface area contributed by atoms with Crippen molar-refractivity contribution in [3.63, 3.8) is 0 Å². The number of benzene rings is 1. The van der Waals surface area contributed by atoms with Crippen LogP contribution in [0.4, 0.5) is 0 Å². The largest absolute Gasteiger partial charge is 0.379 e. The highest BCUT2D eigenvalue weighted by Gasteiger charge is 2.28. The second kappa shape index (κ2) is 9.31. The molecule has 1 N–H and O–H groups in total. The van der Waals surface area contributed by atoms with Gasteiger partial charge in [0, 0.05) is 49.0 Å². The number of morpholine rings is 1. The first-order valence-corrected chi connectivity index (χ1v) is 12.3. The van der Waals surface area contributed by atoms with Gasteiger partial charge < -0.3 is 14.6 Å². The summed E-state index contributed by atoms with van der Waals surface area (Å²) in [5, 5.41) is 4.87. The van der Waals surface area contributed by atoms with Crippen LogP contribution in [0.25, 0.3) is 10.4 Å². The average molecular weight is 461 g/mol. The van der Waals surface area contributed by atoms with Crippen LogP contribution in [-0.2, 0) is 21.3 Å². The third kappa shape index (κ3) is 5.04. The van der Waals surface area contributed by atoms with Gasteiger partial charge in [-0.3, -0.25) is 4.79 Å². The van der Waals surface area contributed by atoms with Crippen molar-refractivity contribution in [3.05, 3.63) is 59.5 Å². The highest BCUT2D eigenvalue weighted by atomic mass is 32.2. The lowest BCUT2D eigenvalue weighted by molar-refractivity contribution is 0.0730. The quantitative estimate of drug-likeness (QED) is 0.584. The van der Waals surface area contributed by atoms with Crippen molar-refractivity contribution in [3.8, 4) is 10.4 Å². The summed E-state index contributed by atoms with van der Waals surface area (Å²) < 4.78 is 35.1. The van der Waals surface area contributed by atoms with Crippen LogP contribution in [0.1, 0.15) is 15.9 Å². The molecule has 0 saturated carbocycles. The maximum atomic E-state index is 13.3. The average Bonchev–Trinajstić information content (AvgIpc) is 3.46. The molecule has 3 heterocycles. The number of nitrogens with one attached hydrogen (secondary N) is 1. The smallest absolute Gasteiger partial charge is 0.251 e. The Bertz CT molecular complexity index is 1150. The molecule has 2 aromatic heterocycles. The van der Waals surface area contributed by atoms with Crippen molar-refractivity contribution >= 4 is 27.3 Å². The molecule has 10 heteroatoms. The molecule has 31 heavy (non-hydrogen) atoms. The number of nitrogens with zero attached hydrogens (tertiary/aromatic N) is 3. The standard InChI is InChI=1S/C21H24N4O4S2/c1-16-10-20(30-14-16)17-11-18(21(26)23-3-5-24-4-2-22-15-24)13-19(12-17)31(27,28)25-6-8-29-9-7-25/h2,4,10-15H,3,5-9H2,1H3,(H,23,26). The molecular formula is C21H24N4O4S2. The molecule has 1 saturated heterocycles. The molecule has 3 aromatic rings. The molecule has 1 aromatic carbocycles. The second-order valence-corrected chi connectivity index (χ2v) is 10.2. The minimum atomic E-state index is -3.73. The molecule has 0 atom stereocenters. The van der Waals surface area contributed by atoms with Gasteiger partial charge >= 0.3 is 0 Å². The van der Waals surface area contributed by atoms with E-state index in [4.69, 9.17) is 4.74 Å². The zero-order valence-electron chi connectivity index (χ0n) is 17.2. The van der Waals surface area contributed by atoms with Crippen LogP contribution in [0.15, 0.2) is 53.3 Å². The van der Waals surface area contributed by atoms with E-state index < -0.39 is 10.0 Å². The zero-order valence-corrected chi connectivity index (χ0v) is 18.8. The van der Waals surface area contributed by atoms with Crippen molar-refractivity contribution in [2.75, 3.05) is 32.8 Å². The number of carbonyl (C=O) groups excluding carboxylic acids is 1. The SMILES string of the molecule is Cc1csc(-c2cc(C(=O)NCCn3ccnc3)cc(S(=O)(=O)N3CCOCC3)c2)c1. The first-order chi connectivity index (χ1) is 14.9. The number of hydrogen-bond acceptors (Lipinski definition) is 6. The Labute approximate surface area is 185 Å². The highest BCUT2D eigenvalue weighted by Crippen LogP contribution is 2.31. The molecule has 1 aliphatic rings. The lowest BCUT2D eigenvalue weighted by atomic mass is 10.1. The minimum absolute atomic E-state index is 0.123. The number of hydrogen-bond donors (Lipinski definition) is 1. The van der Waals surface area contributed by atoms with E-state index in [0.29, 0.717) is 50.5 Å². The van der Waals surface area contributed by atoms with E-state index in [9.17, 15) is 13.2 Å². The summed E-state index contributed by atoms with van der Waals surface area (Å²) in [7, 11) is -3.73. The van der Waals surface area contributed by atoms with Gasteiger partial charge in [-0.25, -0.2) is 13.4 Å². The van der Waals surface area contributed by atoms with Crippen LogP contribution in [0.2, 0.25) is 0 Å². The maximum absolute atomic E-state index is 13.3. The fourth-order valence-corrected chi connectivity index (χ4v) is 5.73. The number of aromatic nitrogens is 2. The first-order valence-electron chi connectivity index (χ1n) is 9.96. The first kappa shape index (κ1) is 21.7. The molecule has 164 valence electrons. The Morgan fingerprint density at radius 3 is 2.71 bits per heavy atom. The van der Waals surface area contributed by atoms with Crippen molar-refractivity contribution in [1.82, 2.24) is 19.2 Å². The van der Waals surface area contributed by atoms with E-state index >= 15 is 0 Å². The Kier molecular flexibility index (Phi) is 6.51.